The fourth-order valence-corrected chi connectivity index (χ4v) is 0. The van der Waals surface area contributed by atoms with Gasteiger partial charge < -0.3 is 4.84 Å². The fraction of sp³-hybridized carbons (Fsp3) is 0. The van der Waals surface area contributed by atoms with E-state index < -0.39 is 5.71 Å². The summed E-state index contributed by atoms with van der Waals surface area (Å²) in [6.07, 6.45) is 0. The average molecular weight is 93.0 g/mol. The lowest BCUT2D eigenvalue weighted by Gasteiger charge is -1.79. The Kier molecular flexibility index (Phi) is 2.06. The van der Waals surface area contributed by atoms with Crippen molar-refractivity contribution in [3.63, 3.8) is 0 Å². The summed E-state index contributed by atoms with van der Waals surface area (Å²) in [6.45, 7) is 0. The summed E-state index contributed by atoms with van der Waals surface area (Å²) in [6, 6.07) is 0. The molecule has 0 aromatic rings. The van der Waals surface area contributed by atoms with E-state index in [1.54, 1.807) is 9.24 Å². The third-order valence-electron chi connectivity index (χ3n) is 0.116. The van der Waals surface area contributed by atoms with Crippen molar-refractivity contribution < 1.29 is 9.63 Å². The lowest BCUT2D eigenvalue weighted by atomic mass is 11.6. The van der Waals surface area contributed by atoms with Crippen molar-refractivity contribution in [1.82, 2.24) is 0 Å². The van der Waals surface area contributed by atoms with E-state index in [1.165, 1.54) is 0 Å². The van der Waals surface area contributed by atoms with Gasteiger partial charge in [0.15, 0.2) is 0 Å². The van der Waals surface area contributed by atoms with Gasteiger partial charge in [0.25, 0.3) is 0 Å². The molecule has 0 aliphatic heterocycles. The van der Waals surface area contributed by atoms with E-state index in [9.17, 15) is 4.79 Å². The summed E-state index contributed by atoms with van der Waals surface area (Å²) in [7, 11) is 1.75. The first-order valence-electron chi connectivity index (χ1n) is 0.933. The molecule has 0 aromatic heterocycles. The van der Waals surface area contributed by atoms with Crippen LogP contribution in [0.5, 0.6) is 0 Å². The first-order chi connectivity index (χ1) is 2.27. The van der Waals surface area contributed by atoms with Crippen LogP contribution in [0.2, 0.25) is 0 Å². The molecule has 0 aromatic carbocycles. The molecule has 0 radical (unpaired) electrons. The quantitative estimate of drug-likeness (QED) is 0.335. The number of carbonyl (C=O) groups excluding carboxylic acids is 1. The van der Waals surface area contributed by atoms with Crippen molar-refractivity contribution in [1.29, 1.82) is 0 Å². The van der Waals surface area contributed by atoms with Gasteiger partial charge in [-0.25, -0.2) is 4.79 Å². The van der Waals surface area contributed by atoms with Crippen molar-refractivity contribution >= 4 is 15.0 Å². The van der Waals surface area contributed by atoms with E-state index in [-0.39, 0.29) is 0 Å². The van der Waals surface area contributed by atoms with Crippen LogP contribution in [0.4, 0.5) is 4.79 Å². The van der Waals surface area contributed by atoms with Crippen LogP contribution in [0, 0.1) is 0 Å². The predicted octanol–water partition coefficient (Wildman–Crippen LogP) is -0.128. The summed E-state index contributed by atoms with van der Waals surface area (Å²) in [4.78, 5) is 13.0. The van der Waals surface area contributed by atoms with Gasteiger partial charge in [-0.15, -0.1) is 0 Å². The Balaban J connectivity index is 2.85. The minimum atomic E-state index is -0.551. The lowest BCUT2D eigenvalue weighted by molar-refractivity contribution is 0.177. The van der Waals surface area contributed by atoms with Gasteiger partial charge in [-0.1, -0.05) is 0 Å². The van der Waals surface area contributed by atoms with Gasteiger partial charge in [0, 0.05) is 0 Å². The van der Waals surface area contributed by atoms with Crippen molar-refractivity contribution in [3.05, 3.63) is 0 Å². The van der Waals surface area contributed by atoms with Crippen LogP contribution in [0.3, 0.4) is 0 Å². The summed E-state index contributed by atoms with van der Waals surface area (Å²) in [5.41, 5.74) is -0.551. The van der Waals surface area contributed by atoms with Crippen molar-refractivity contribution in [2.24, 2.45) is 5.90 Å². The maximum absolute atomic E-state index is 9.43. The number of rotatable bonds is 0. The predicted molar refractivity (Wildman–Crippen MR) is 20.4 cm³/mol. The Hall–Kier alpha value is -0.140. The topological polar surface area (TPSA) is 52.3 Å². The zero-order valence-electron chi connectivity index (χ0n) is 2.47. The molecule has 5 heavy (non-hydrogen) atoms. The van der Waals surface area contributed by atoms with Crippen LogP contribution in [0.25, 0.3) is 0 Å². The molecule has 0 bridgehead atoms. The first kappa shape index (κ1) is 4.86. The highest BCUT2D eigenvalue weighted by Gasteiger charge is 1.77. The normalized spacial score (nSPS) is 6.80. The first-order valence-corrected chi connectivity index (χ1v) is 1.51. The molecule has 1 unspecified atom stereocenters. The van der Waals surface area contributed by atoms with E-state index in [4.69, 9.17) is 0 Å². The lowest BCUT2D eigenvalue weighted by Crippen LogP contribution is -1.98. The smallest absolute Gasteiger partial charge is 0.338 e. The van der Waals surface area contributed by atoms with Gasteiger partial charge in [0.2, 0.25) is 0 Å². The molecule has 2 N–H and O–H groups in total. The molecular formula is CH4NO2P. The number of hydrogen-bond acceptors (Lipinski definition) is 3. The number of carbonyl (C=O) groups is 1. The summed E-state index contributed by atoms with van der Waals surface area (Å²) in [5.74, 6) is 4.30. The van der Waals surface area contributed by atoms with Crippen molar-refractivity contribution in [2.45, 2.75) is 0 Å². The molecular weight excluding hydrogens is 89.0 g/mol. The Labute approximate surface area is 31.6 Å². The van der Waals surface area contributed by atoms with Gasteiger partial charge >= 0.3 is 5.71 Å². The van der Waals surface area contributed by atoms with E-state index in [0.717, 1.165) is 0 Å². The molecule has 0 spiro atoms. The molecule has 30 valence electrons. The van der Waals surface area contributed by atoms with Crippen LogP contribution in [0.15, 0.2) is 0 Å². The zero-order chi connectivity index (χ0) is 4.28. The molecule has 1 atom stereocenters. The Bertz CT molecular complexity index is 44.9. The van der Waals surface area contributed by atoms with Crippen LogP contribution >= 0.6 is 9.24 Å². The molecule has 4 heteroatoms. The third kappa shape index (κ3) is 3.86. The maximum Gasteiger partial charge on any atom is 0.338 e. The Morgan fingerprint density at radius 1 is 2.00 bits per heavy atom. The maximum atomic E-state index is 9.43. The monoisotopic (exact) mass is 93.0 g/mol. The van der Waals surface area contributed by atoms with Gasteiger partial charge in [-0.2, -0.15) is 5.90 Å². The van der Waals surface area contributed by atoms with E-state index in [0.29, 0.717) is 0 Å². The highest BCUT2D eigenvalue weighted by atomic mass is 31.0. The highest BCUT2D eigenvalue weighted by molar-refractivity contribution is 7.39. The van der Waals surface area contributed by atoms with E-state index in [1.807, 2.05) is 0 Å². The number of hydrogen-bond donors (Lipinski definition) is 1. The molecule has 0 amide bonds. The molecule has 0 fully saturated rings. The molecule has 0 rings (SSSR count). The van der Waals surface area contributed by atoms with Crippen molar-refractivity contribution in [2.75, 3.05) is 0 Å². The Morgan fingerprint density at radius 3 is 2.20 bits per heavy atom. The van der Waals surface area contributed by atoms with Crippen molar-refractivity contribution in [3.8, 4) is 0 Å². The van der Waals surface area contributed by atoms with Gasteiger partial charge in [0.05, 0.1) is 0 Å². The second-order valence-electron chi connectivity index (χ2n) is 0.437. The number of nitrogens with two attached hydrogens (primary N) is 1. The second kappa shape index (κ2) is 2.12. The summed E-state index contributed by atoms with van der Waals surface area (Å²) in [5, 5.41) is 0. The minimum Gasteiger partial charge on any atom is -0.371 e. The van der Waals surface area contributed by atoms with Crippen LogP contribution in [-0.2, 0) is 4.84 Å². The van der Waals surface area contributed by atoms with Crippen LogP contribution in [-0.4, -0.2) is 5.71 Å². The molecule has 0 saturated carbocycles. The molecule has 0 aliphatic rings. The highest BCUT2D eigenvalue weighted by Crippen LogP contribution is 1.81. The van der Waals surface area contributed by atoms with Crippen LogP contribution in [0.1, 0.15) is 0 Å². The van der Waals surface area contributed by atoms with Gasteiger partial charge in [0.1, 0.15) is 0 Å². The molecule has 0 saturated heterocycles. The van der Waals surface area contributed by atoms with E-state index >= 15 is 0 Å². The average Bonchev–Trinajstić information content (AvgIpc) is 1.38. The van der Waals surface area contributed by atoms with Gasteiger partial charge in [-0.05, 0) is 9.24 Å². The SMILES string of the molecule is NOC(=O)P. The van der Waals surface area contributed by atoms with E-state index in [2.05, 4.69) is 10.7 Å². The minimum absolute atomic E-state index is 0.551. The fourth-order valence-electron chi connectivity index (χ4n) is 0. The zero-order valence-corrected chi connectivity index (χ0v) is 3.63. The second-order valence-corrected chi connectivity index (χ2v) is 0.908. The Morgan fingerprint density at radius 2 is 2.20 bits per heavy atom. The standard InChI is InChI=1S/CH4NO2P/c2-4-1(3)5/h2,5H2. The largest absolute Gasteiger partial charge is 0.371 e. The van der Waals surface area contributed by atoms with Crippen LogP contribution < -0.4 is 5.90 Å². The van der Waals surface area contributed by atoms with Gasteiger partial charge in [-0.3, -0.25) is 0 Å². The summed E-state index contributed by atoms with van der Waals surface area (Å²) >= 11 is 0. The molecule has 3 nitrogen and oxygen atoms in total. The summed E-state index contributed by atoms with van der Waals surface area (Å²) < 4.78 is 0. The third-order valence-corrected chi connectivity index (χ3v) is 0.252. The molecule has 0 aliphatic carbocycles. The molecule has 0 heterocycles.